The Hall–Kier alpha value is -2.67. The van der Waals surface area contributed by atoms with E-state index in [1.165, 1.54) is 24.3 Å². The molecule has 3 nitrogen and oxygen atoms in total. The number of benzene rings is 2. The highest BCUT2D eigenvalue weighted by molar-refractivity contribution is 6.04. The summed E-state index contributed by atoms with van der Waals surface area (Å²) in [7, 11) is 0. The Labute approximate surface area is 122 Å². The Morgan fingerprint density at radius 2 is 1.71 bits per heavy atom. The van der Waals surface area contributed by atoms with Crippen molar-refractivity contribution in [2.45, 2.75) is 18.3 Å². The number of nitriles is 1. The molecule has 0 bridgehead atoms. The molecule has 1 aliphatic rings. The first-order valence-corrected chi connectivity index (χ1v) is 6.72. The number of hydrogen-bond donors (Lipinski definition) is 1. The van der Waals surface area contributed by atoms with E-state index in [2.05, 4.69) is 11.4 Å². The van der Waals surface area contributed by atoms with E-state index in [1.807, 2.05) is 12.1 Å². The molecule has 3 rings (SSSR count). The van der Waals surface area contributed by atoms with Gasteiger partial charge in [-0.3, -0.25) is 4.79 Å². The molecule has 21 heavy (non-hydrogen) atoms. The SMILES string of the molecule is N#CC1(c2ccc(NC(=O)c3ccc(F)cc3)cc2)CC1. The van der Waals surface area contributed by atoms with Gasteiger partial charge in [-0.05, 0) is 54.8 Å². The Morgan fingerprint density at radius 3 is 2.24 bits per heavy atom. The number of carbonyl (C=O) groups excluding carboxylic acids is 1. The summed E-state index contributed by atoms with van der Waals surface area (Å²) in [4.78, 5) is 12.0. The van der Waals surface area contributed by atoms with E-state index in [-0.39, 0.29) is 17.1 Å². The van der Waals surface area contributed by atoms with Crippen molar-refractivity contribution in [3.05, 3.63) is 65.5 Å². The van der Waals surface area contributed by atoms with Gasteiger partial charge in [0.05, 0.1) is 11.5 Å². The maximum atomic E-state index is 12.8. The zero-order chi connectivity index (χ0) is 14.9. The summed E-state index contributed by atoms with van der Waals surface area (Å²) >= 11 is 0. The van der Waals surface area contributed by atoms with Gasteiger partial charge in [-0.2, -0.15) is 5.26 Å². The molecular weight excluding hydrogens is 267 g/mol. The minimum Gasteiger partial charge on any atom is -0.322 e. The Morgan fingerprint density at radius 1 is 1.10 bits per heavy atom. The number of nitrogens with one attached hydrogen (secondary N) is 1. The smallest absolute Gasteiger partial charge is 0.255 e. The van der Waals surface area contributed by atoms with Crippen LogP contribution in [0.25, 0.3) is 0 Å². The minimum atomic E-state index is -0.373. The van der Waals surface area contributed by atoms with Gasteiger partial charge in [0.15, 0.2) is 0 Å². The molecule has 4 heteroatoms. The first-order chi connectivity index (χ1) is 10.1. The van der Waals surface area contributed by atoms with Crippen LogP contribution >= 0.6 is 0 Å². The fourth-order valence-corrected chi connectivity index (χ4v) is 2.27. The highest BCUT2D eigenvalue weighted by Crippen LogP contribution is 2.47. The summed E-state index contributed by atoms with van der Waals surface area (Å²) in [6.07, 6.45) is 1.79. The molecular formula is C17H13FN2O. The average molecular weight is 280 g/mol. The number of carbonyl (C=O) groups is 1. The molecule has 1 aliphatic carbocycles. The number of nitrogens with zero attached hydrogens (tertiary/aromatic N) is 1. The van der Waals surface area contributed by atoms with Gasteiger partial charge in [0.2, 0.25) is 0 Å². The Kier molecular flexibility index (Phi) is 3.19. The fourth-order valence-electron chi connectivity index (χ4n) is 2.27. The number of amides is 1. The Bertz CT molecular complexity index is 710. The zero-order valence-corrected chi connectivity index (χ0v) is 11.3. The van der Waals surface area contributed by atoms with Gasteiger partial charge < -0.3 is 5.32 Å². The lowest BCUT2D eigenvalue weighted by molar-refractivity contribution is 0.102. The molecule has 0 aromatic heterocycles. The second kappa shape index (κ2) is 5.02. The molecule has 0 radical (unpaired) electrons. The normalized spacial score (nSPS) is 15.0. The molecule has 0 heterocycles. The highest BCUT2D eigenvalue weighted by Gasteiger charge is 2.44. The minimum absolute atomic E-state index is 0.288. The molecule has 1 saturated carbocycles. The molecule has 0 atom stereocenters. The molecule has 0 unspecified atom stereocenters. The summed E-state index contributed by atoms with van der Waals surface area (Å²) < 4.78 is 12.8. The number of hydrogen-bond acceptors (Lipinski definition) is 2. The third-order valence-electron chi connectivity index (χ3n) is 3.77. The maximum absolute atomic E-state index is 12.8. The number of rotatable bonds is 3. The van der Waals surface area contributed by atoms with Gasteiger partial charge in [-0.1, -0.05) is 12.1 Å². The van der Waals surface area contributed by atoms with Gasteiger partial charge >= 0.3 is 0 Å². The fraction of sp³-hybridized carbons (Fsp3) is 0.176. The van der Waals surface area contributed by atoms with Crippen LogP contribution in [0.4, 0.5) is 10.1 Å². The molecule has 0 aliphatic heterocycles. The van der Waals surface area contributed by atoms with Gasteiger partial charge in [-0.25, -0.2) is 4.39 Å². The topological polar surface area (TPSA) is 52.9 Å². The Balaban J connectivity index is 1.72. The number of halogens is 1. The van der Waals surface area contributed by atoms with E-state index >= 15 is 0 Å². The van der Waals surface area contributed by atoms with Crippen LogP contribution in [0.2, 0.25) is 0 Å². The molecule has 104 valence electrons. The van der Waals surface area contributed by atoms with Gasteiger partial charge in [0.25, 0.3) is 5.91 Å². The van der Waals surface area contributed by atoms with Crippen molar-refractivity contribution in [2.24, 2.45) is 0 Å². The summed E-state index contributed by atoms with van der Waals surface area (Å²) in [6, 6.07) is 15.0. The highest BCUT2D eigenvalue weighted by atomic mass is 19.1. The summed E-state index contributed by atoms with van der Waals surface area (Å²) in [6.45, 7) is 0. The van der Waals surface area contributed by atoms with E-state index in [0.29, 0.717) is 11.3 Å². The van der Waals surface area contributed by atoms with Crippen LogP contribution in [0.15, 0.2) is 48.5 Å². The van der Waals surface area contributed by atoms with Crippen LogP contribution in [-0.4, -0.2) is 5.91 Å². The average Bonchev–Trinajstić information content (AvgIpc) is 3.30. The first-order valence-electron chi connectivity index (χ1n) is 6.72. The third kappa shape index (κ3) is 2.63. The summed E-state index contributed by atoms with van der Waals surface area (Å²) in [5, 5.41) is 11.9. The summed E-state index contributed by atoms with van der Waals surface area (Å²) in [5.74, 6) is -0.661. The van der Waals surface area contributed by atoms with Crippen LogP contribution < -0.4 is 5.32 Å². The van der Waals surface area contributed by atoms with Crippen molar-refractivity contribution in [3.63, 3.8) is 0 Å². The van der Waals surface area contributed by atoms with Gasteiger partial charge in [0, 0.05) is 11.3 Å². The molecule has 1 fully saturated rings. The third-order valence-corrected chi connectivity index (χ3v) is 3.77. The zero-order valence-electron chi connectivity index (χ0n) is 11.3. The van der Waals surface area contributed by atoms with Crippen molar-refractivity contribution in [2.75, 3.05) is 5.32 Å². The van der Waals surface area contributed by atoms with E-state index in [1.54, 1.807) is 12.1 Å². The van der Waals surface area contributed by atoms with Gasteiger partial charge in [0.1, 0.15) is 5.82 Å². The molecule has 0 saturated heterocycles. The lowest BCUT2D eigenvalue weighted by atomic mass is 9.98. The molecule has 2 aromatic rings. The first kappa shape index (κ1) is 13.3. The quantitative estimate of drug-likeness (QED) is 0.933. The van der Waals surface area contributed by atoms with Crippen molar-refractivity contribution in [1.82, 2.24) is 0 Å². The lowest BCUT2D eigenvalue weighted by Gasteiger charge is -2.09. The van der Waals surface area contributed by atoms with Crippen molar-refractivity contribution in [1.29, 1.82) is 5.26 Å². The van der Waals surface area contributed by atoms with Crippen LogP contribution in [0.3, 0.4) is 0 Å². The second-order valence-electron chi connectivity index (χ2n) is 5.23. The van der Waals surface area contributed by atoms with Crippen molar-refractivity contribution >= 4 is 11.6 Å². The molecule has 2 aromatic carbocycles. The predicted molar refractivity (Wildman–Crippen MR) is 77.3 cm³/mol. The van der Waals surface area contributed by atoms with E-state index in [0.717, 1.165) is 18.4 Å². The van der Waals surface area contributed by atoms with Gasteiger partial charge in [-0.15, -0.1) is 0 Å². The molecule has 0 spiro atoms. The largest absolute Gasteiger partial charge is 0.322 e. The van der Waals surface area contributed by atoms with E-state index in [9.17, 15) is 9.18 Å². The molecule has 1 N–H and O–H groups in total. The second-order valence-corrected chi connectivity index (χ2v) is 5.23. The lowest BCUT2D eigenvalue weighted by Crippen LogP contribution is -2.12. The standard InChI is InChI=1S/C17H13FN2O/c18-14-5-1-12(2-6-14)16(21)20-15-7-3-13(4-8-15)17(11-19)9-10-17/h1-8H,9-10H2,(H,20,21). The van der Waals surface area contributed by atoms with E-state index < -0.39 is 0 Å². The van der Waals surface area contributed by atoms with Crippen molar-refractivity contribution < 1.29 is 9.18 Å². The van der Waals surface area contributed by atoms with Crippen molar-refractivity contribution in [3.8, 4) is 6.07 Å². The maximum Gasteiger partial charge on any atom is 0.255 e. The monoisotopic (exact) mass is 280 g/mol. The van der Waals surface area contributed by atoms with E-state index in [4.69, 9.17) is 5.26 Å². The predicted octanol–water partition coefficient (Wildman–Crippen LogP) is 3.63. The van der Waals surface area contributed by atoms with Crippen LogP contribution in [0.5, 0.6) is 0 Å². The molecule has 1 amide bonds. The van der Waals surface area contributed by atoms with Crippen LogP contribution in [0.1, 0.15) is 28.8 Å². The number of anilines is 1. The summed E-state index contributed by atoms with van der Waals surface area (Å²) in [5.41, 5.74) is 1.72. The van der Waals surface area contributed by atoms with Crippen LogP contribution in [0, 0.1) is 17.1 Å². The van der Waals surface area contributed by atoms with Crippen LogP contribution in [-0.2, 0) is 5.41 Å².